The minimum absolute atomic E-state index is 0.0929. The Kier molecular flexibility index (Phi) is 3.69. The molecule has 1 aromatic rings. The molecule has 6 nitrogen and oxygen atoms in total. The van der Waals surface area contributed by atoms with Crippen LogP contribution in [0, 0.1) is 5.92 Å². The first kappa shape index (κ1) is 16.0. The zero-order valence-corrected chi connectivity index (χ0v) is 14.1. The van der Waals surface area contributed by atoms with E-state index < -0.39 is 17.7 Å². The zero-order chi connectivity index (χ0) is 16.9. The highest BCUT2D eigenvalue weighted by molar-refractivity contribution is 5.89. The van der Waals surface area contributed by atoms with E-state index in [1.165, 1.54) is 0 Å². The number of hydrogen-bond donors (Lipinski definition) is 0. The number of carbonyl (C=O) groups is 1. The van der Waals surface area contributed by atoms with Crippen molar-refractivity contribution < 1.29 is 28.5 Å². The Morgan fingerprint density at radius 1 is 1.21 bits per heavy atom. The van der Waals surface area contributed by atoms with Crippen LogP contribution in [0.4, 0.5) is 0 Å². The van der Waals surface area contributed by atoms with Gasteiger partial charge in [0.05, 0.1) is 12.2 Å². The van der Waals surface area contributed by atoms with Gasteiger partial charge in [-0.2, -0.15) is 0 Å². The van der Waals surface area contributed by atoms with E-state index >= 15 is 0 Å². The van der Waals surface area contributed by atoms with Crippen molar-refractivity contribution in [3.63, 3.8) is 0 Å². The van der Waals surface area contributed by atoms with Gasteiger partial charge in [-0.25, -0.2) is 4.79 Å². The first-order valence-corrected chi connectivity index (χ1v) is 8.24. The molecular formula is C18H22O6. The monoisotopic (exact) mass is 334 g/mol. The van der Waals surface area contributed by atoms with Crippen LogP contribution in [0.15, 0.2) is 30.3 Å². The molecule has 0 aromatic heterocycles. The first-order chi connectivity index (χ1) is 11.5. The highest BCUT2D eigenvalue weighted by atomic mass is 16.8. The van der Waals surface area contributed by atoms with Gasteiger partial charge in [0.25, 0.3) is 0 Å². The summed E-state index contributed by atoms with van der Waals surface area (Å²) in [5, 5.41) is 0. The minimum atomic E-state index is -0.656. The maximum absolute atomic E-state index is 12.1. The summed E-state index contributed by atoms with van der Waals surface area (Å²) >= 11 is 0. The van der Waals surface area contributed by atoms with Crippen LogP contribution in [0.2, 0.25) is 0 Å². The summed E-state index contributed by atoms with van der Waals surface area (Å²) in [4.78, 5) is 12.1. The molecule has 1 saturated carbocycles. The van der Waals surface area contributed by atoms with Gasteiger partial charge >= 0.3 is 5.97 Å². The van der Waals surface area contributed by atoms with Crippen LogP contribution in [0.1, 0.15) is 30.6 Å². The molecule has 1 aliphatic carbocycles. The molecule has 4 rings (SSSR count). The molecular weight excluding hydrogens is 312 g/mol. The summed E-state index contributed by atoms with van der Waals surface area (Å²) in [6, 6.07) is 8.97. The van der Waals surface area contributed by atoms with Crippen LogP contribution in [0.25, 0.3) is 0 Å². The van der Waals surface area contributed by atoms with Gasteiger partial charge in [-0.3, -0.25) is 0 Å². The standard InChI is InChI=1S/C18H22O6/c1-17(2)22-13-14(23-17)18(24-16(13)20-3)9-12(18)10-21-15(19)11-7-5-4-6-8-11/h4-8,12-14,16H,9-10H2,1-3H3/t12-,13+,14?,16-,18+/m1/s1. The molecule has 24 heavy (non-hydrogen) atoms. The summed E-state index contributed by atoms with van der Waals surface area (Å²) < 4.78 is 28.9. The van der Waals surface area contributed by atoms with Gasteiger partial charge in [-0.1, -0.05) is 18.2 Å². The van der Waals surface area contributed by atoms with Crippen LogP contribution in [0.3, 0.4) is 0 Å². The third-order valence-electron chi connectivity index (χ3n) is 4.97. The van der Waals surface area contributed by atoms with E-state index in [0.717, 1.165) is 6.42 Å². The van der Waals surface area contributed by atoms with E-state index in [9.17, 15) is 4.79 Å². The Balaban J connectivity index is 1.41. The number of hydrogen-bond acceptors (Lipinski definition) is 6. The lowest BCUT2D eigenvalue weighted by Crippen LogP contribution is -2.33. The van der Waals surface area contributed by atoms with Gasteiger partial charge < -0.3 is 23.7 Å². The van der Waals surface area contributed by atoms with Crippen LogP contribution in [-0.2, 0) is 23.7 Å². The van der Waals surface area contributed by atoms with Gasteiger partial charge in [0, 0.05) is 13.0 Å². The topological polar surface area (TPSA) is 63.2 Å². The lowest BCUT2D eigenvalue weighted by molar-refractivity contribution is -0.235. The van der Waals surface area contributed by atoms with Gasteiger partial charge in [0.1, 0.15) is 17.8 Å². The van der Waals surface area contributed by atoms with Gasteiger partial charge in [-0.05, 0) is 32.4 Å². The number of methoxy groups -OCH3 is 1. The van der Waals surface area contributed by atoms with E-state index in [-0.39, 0.29) is 24.1 Å². The molecule has 6 heteroatoms. The fourth-order valence-electron chi connectivity index (χ4n) is 3.75. The highest BCUT2D eigenvalue weighted by Gasteiger charge is 2.73. The van der Waals surface area contributed by atoms with Crippen molar-refractivity contribution in [2.24, 2.45) is 5.92 Å². The molecule has 0 amide bonds. The summed E-state index contributed by atoms with van der Waals surface area (Å²) in [5.41, 5.74) is 0.0737. The lowest BCUT2D eigenvalue weighted by atomic mass is 10.1. The van der Waals surface area contributed by atoms with Gasteiger partial charge in [0.15, 0.2) is 12.1 Å². The third kappa shape index (κ3) is 2.54. The van der Waals surface area contributed by atoms with E-state index in [1.807, 2.05) is 32.0 Å². The second kappa shape index (κ2) is 5.52. The third-order valence-corrected chi connectivity index (χ3v) is 4.97. The molecule has 1 unspecified atom stereocenters. The second-order valence-electron chi connectivity index (χ2n) is 7.06. The van der Waals surface area contributed by atoms with Crippen molar-refractivity contribution in [3.8, 4) is 0 Å². The number of carbonyl (C=O) groups excluding carboxylic acids is 1. The summed E-state index contributed by atoms with van der Waals surface area (Å²) in [5.74, 6) is -0.883. The average molecular weight is 334 g/mol. The summed E-state index contributed by atoms with van der Waals surface area (Å²) in [7, 11) is 1.60. The summed E-state index contributed by atoms with van der Waals surface area (Å²) in [6.07, 6.45) is -0.125. The van der Waals surface area contributed by atoms with Crippen molar-refractivity contribution in [2.45, 2.75) is 50.2 Å². The van der Waals surface area contributed by atoms with Crippen LogP contribution >= 0.6 is 0 Å². The maximum atomic E-state index is 12.1. The Hall–Kier alpha value is -1.47. The van der Waals surface area contributed by atoms with Gasteiger partial charge in [0.2, 0.25) is 0 Å². The SMILES string of the molecule is CO[C@@H]1O[C@]2(C[C@@H]2COC(=O)c2ccccc2)C2OC(C)(C)O[C@@H]21. The molecule has 3 aliphatic rings. The highest BCUT2D eigenvalue weighted by Crippen LogP contribution is 2.60. The Bertz CT molecular complexity index is 630. The number of esters is 1. The number of ether oxygens (including phenoxy) is 5. The maximum Gasteiger partial charge on any atom is 0.338 e. The molecule has 5 atom stereocenters. The van der Waals surface area contributed by atoms with Crippen LogP contribution in [-0.4, -0.2) is 49.6 Å². The van der Waals surface area contributed by atoms with E-state index in [1.54, 1.807) is 19.2 Å². The minimum Gasteiger partial charge on any atom is -0.462 e. The van der Waals surface area contributed by atoms with Crippen molar-refractivity contribution in [3.05, 3.63) is 35.9 Å². The lowest BCUT2D eigenvalue weighted by Gasteiger charge is -2.24. The Morgan fingerprint density at radius 2 is 1.96 bits per heavy atom. The van der Waals surface area contributed by atoms with Gasteiger partial charge in [-0.15, -0.1) is 0 Å². The largest absolute Gasteiger partial charge is 0.462 e. The van der Waals surface area contributed by atoms with Crippen LogP contribution in [0.5, 0.6) is 0 Å². The normalized spacial score (nSPS) is 39.0. The molecule has 2 saturated heterocycles. The molecule has 1 aromatic carbocycles. The Morgan fingerprint density at radius 3 is 2.67 bits per heavy atom. The van der Waals surface area contributed by atoms with Crippen molar-refractivity contribution >= 4 is 5.97 Å². The molecule has 2 aliphatic heterocycles. The first-order valence-electron chi connectivity index (χ1n) is 8.24. The zero-order valence-electron chi connectivity index (χ0n) is 14.1. The number of benzene rings is 1. The molecule has 1 spiro atoms. The average Bonchev–Trinajstić information content (AvgIpc) is 3.07. The fourth-order valence-corrected chi connectivity index (χ4v) is 3.75. The van der Waals surface area contributed by atoms with E-state index in [4.69, 9.17) is 23.7 Å². The Labute approximate surface area is 141 Å². The quantitative estimate of drug-likeness (QED) is 0.786. The molecule has 130 valence electrons. The smallest absolute Gasteiger partial charge is 0.338 e. The van der Waals surface area contributed by atoms with Crippen LogP contribution < -0.4 is 0 Å². The van der Waals surface area contributed by atoms with Crippen molar-refractivity contribution in [2.75, 3.05) is 13.7 Å². The molecule has 3 fully saturated rings. The van der Waals surface area contributed by atoms with E-state index in [0.29, 0.717) is 12.2 Å². The molecule has 0 N–H and O–H groups in total. The summed E-state index contributed by atoms with van der Waals surface area (Å²) in [6.45, 7) is 4.08. The van der Waals surface area contributed by atoms with Crippen molar-refractivity contribution in [1.29, 1.82) is 0 Å². The predicted octanol–water partition coefficient (Wildman–Crippen LogP) is 2.12. The van der Waals surface area contributed by atoms with Crippen molar-refractivity contribution in [1.82, 2.24) is 0 Å². The molecule has 2 heterocycles. The second-order valence-corrected chi connectivity index (χ2v) is 7.06. The number of fused-ring (bicyclic) bond motifs is 2. The predicted molar refractivity (Wildman–Crippen MR) is 83.3 cm³/mol. The number of rotatable bonds is 4. The molecule has 0 bridgehead atoms. The molecule has 0 radical (unpaired) electrons. The van der Waals surface area contributed by atoms with E-state index in [2.05, 4.69) is 0 Å². The fraction of sp³-hybridized carbons (Fsp3) is 0.611.